The van der Waals surface area contributed by atoms with Gasteiger partial charge in [0.05, 0.1) is 5.02 Å². The van der Waals surface area contributed by atoms with E-state index in [9.17, 15) is 17.3 Å². The van der Waals surface area contributed by atoms with Gasteiger partial charge in [0.25, 0.3) is 0 Å². The molecule has 15 heavy (non-hydrogen) atoms. The second-order valence-corrected chi connectivity index (χ2v) is 4.10. The third kappa shape index (κ3) is 6.55. The van der Waals surface area contributed by atoms with Crippen molar-refractivity contribution in [2.24, 2.45) is 0 Å². The zero-order chi connectivity index (χ0) is 10.8. The Morgan fingerprint density at radius 3 is 2.33 bits per heavy atom. The Morgan fingerprint density at radius 2 is 1.87 bits per heavy atom. The van der Waals surface area contributed by atoms with Crippen molar-refractivity contribution in [2.45, 2.75) is 4.90 Å². The standard InChI is InChI=1S/C7H5BClF4S.K/c9-6-3-5(1-2-7(6)10)14-4-8(11,12)13;/h1-3H,4H2;/q-1;+1. The predicted octanol–water partition coefficient (Wildman–Crippen LogP) is 0.962. The largest absolute Gasteiger partial charge is 1.00 e. The number of benzene rings is 1. The zero-order valence-electron chi connectivity index (χ0n) is 7.81. The van der Waals surface area contributed by atoms with E-state index in [4.69, 9.17) is 11.6 Å². The van der Waals surface area contributed by atoms with Gasteiger partial charge in [-0.05, 0) is 23.9 Å². The van der Waals surface area contributed by atoms with Crippen LogP contribution in [0.4, 0.5) is 17.3 Å². The molecule has 8 heteroatoms. The Labute approximate surface area is 137 Å². The molecule has 0 heterocycles. The summed E-state index contributed by atoms with van der Waals surface area (Å²) in [6, 6.07) is 3.51. The molecule has 0 saturated carbocycles. The molecule has 1 aromatic carbocycles. The molecular weight excluding hydrogens is 277 g/mol. The van der Waals surface area contributed by atoms with E-state index >= 15 is 0 Å². The fourth-order valence-electron chi connectivity index (χ4n) is 0.757. The molecule has 0 aliphatic carbocycles. The molecule has 0 amide bonds. The van der Waals surface area contributed by atoms with Crippen LogP contribution in [-0.2, 0) is 0 Å². The first kappa shape index (κ1) is 16.3. The fraction of sp³-hybridized carbons (Fsp3) is 0.143. The van der Waals surface area contributed by atoms with Gasteiger partial charge in [-0.2, -0.15) is 11.8 Å². The zero-order valence-corrected chi connectivity index (χ0v) is 12.5. The van der Waals surface area contributed by atoms with Crippen molar-refractivity contribution in [1.29, 1.82) is 0 Å². The van der Waals surface area contributed by atoms with Crippen molar-refractivity contribution >= 4 is 30.3 Å². The van der Waals surface area contributed by atoms with Crippen molar-refractivity contribution < 1.29 is 68.7 Å². The number of hydrogen-bond donors (Lipinski definition) is 0. The summed E-state index contributed by atoms with van der Waals surface area (Å²) in [6.45, 7) is -4.82. The second kappa shape index (κ2) is 6.88. The first-order valence-electron chi connectivity index (χ1n) is 3.67. The summed E-state index contributed by atoms with van der Waals surface area (Å²) in [6.07, 6.45) is 0. The molecule has 0 fully saturated rings. The van der Waals surface area contributed by atoms with Crippen LogP contribution < -0.4 is 51.4 Å². The third-order valence-corrected chi connectivity index (χ3v) is 2.75. The summed E-state index contributed by atoms with van der Waals surface area (Å²) in [5, 5.41) is -0.162. The van der Waals surface area contributed by atoms with Gasteiger partial charge in [0.2, 0.25) is 0 Å². The van der Waals surface area contributed by atoms with Crippen LogP contribution in [-0.4, -0.2) is 12.6 Å². The summed E-state index contributed by atoms with van der Waals surface area (Å²) in [7, 11) is 0. The molecule has 0 unspecified atom stereocenters. The van der Waals surface area contributed by atoms with Gasteiger partial charge in [0, 0.05) is 4.90 Å². The van der Waals surface area contributed by atoms with Gasteiger partial charge in [-0.15, -0.1) is 0 Å². The smallest absolute Gasteiger partial charge is 0.448 e. The summed E-state index contributed by atoms with van der Waals surface area (Å²) in [5.41, 5.74) is -0.942. The van der Waals surface area contributed by atoms with Crippen molar-refractivity contribution in [2.75, 3.05) is 5.65 Å². The average Bonchev–Trinajstić information content (AvgIpc) is 2.06. The minimum absolute atomic E-state index is 0. The second-order valence-electron chi connectivity index (χ2n) is 2.60. The first-order chi connectivity index (χ1) is 6.38. The van der Waals surface area contributed by atoms with Crippen LogP contribution in [0.25, 0.3) is 0 Å². The van der Waals surface area contributed by atoms with E-state index in [0.29, 0.717) is 16.7 Å². The Balaban J connectivity index is 0.00000196. The molecule has 78 valence electrons. The van der Waals surface area contributed by atoms with Gasteiger partial charge in [-0.1, -0.05) is 11.6 Å². The molecule has 0 aliphatic rings. The van der Waals surface area contributed by atoms with Crippen molar-refractivity contribution in [3.8, 4) is 0 Å². The molecule has 0 bridgehead atoms. The van der Waals surface area contributed by atoms with Crippen molar-refractivity contribution in [3.63, 3.8) is 0 Å². The van der Waals surface area contributed by atoms with E-state index < -0.39 is 18.4 Å². The number of thioether (sulfide) groups is 1. The Bertz CT molecular complexity index is 333. The third-order valence-electron chi connectivity index (χ3n) is 1.33. The molecule has 0 radical (unpaired) electrons. The van der Waals surface area contributed by atoms with Gasteiger partial charge < -0.3 is 12.9 Å². The topological polar surface area (TPSA) is 0 Å². The van der Waals surface area contributed by atoms with E-state index in [1.807, 2.05) is 0 Å². The van der Waals surface area contributed by atoms with Gasteiger partial charge in [-0.3, -0.25) is 0 Å². The van der Waals surface area contributed by atoms with E-state index in [2.05, 4.69) is 0 Å². The predicted molar refractivity (Wildman–Crippen MR) is 51.2 cm³/mol. The number of halogens is 5. The summed E-state index contributed by atoms with van der Waals surface area (Å²) in [5.74, 6) is -0.631. The maximum absolute atomic E-state index is 12.6. The Morgan fingerprint density at radius 1 is 1.27 bits per heavy atom. The van der Waals surface area contributed by atoms with Crippen LogP contribution in [0.3, 0.4) is 0 Å². The number of rotatable bonds is 3. The van der Waals surface area contributed by atoms with Crippen LogP contribution in [0.1, 0.15) is 0 Å². The van der Waals surface area contributed by atoms with Gasteiger partial charge in [-0.25, -0.2) is 4.39 Å². The molecule has 0 nitrogen and oxygen atoms in total. The normalized spacial score (nSPS) is 11.0. The maximum atomic E-state index is 12.6. The molecule has 0 N–H and O–H groups in total. The Hall–Kier alpha value is 1.28. The maximum Gasteiger partial charge on any atom is 1.00 e. The summed E-state index contributed by atoms with van der Waals surface area (Å²) >= 11 is 6.00. The molecule has 1 aromatic rings. The van der Waals surface area contributed by atoms with E-state index in [1.165, 1.54) is 12.1 Å². The van der Waals surface area contributed by atoms with Gasteiger partial charge >= 0.3 is 58.4 Å². The van der Waals surface area contributed by atoms with Gasteiger partial charge in [0.15, 0.2) is 0 Å². The SMILES string of the molecule is Fc1ccc(SC[B-](F)(F)F)cc1Cl.[K+]. The van der Waals surface area contributed by atoms with Crippen LogP contribution in [0.2, 0.25) is 5.02 Å². The summed E-state index contributed by atoms with van der Waals surface area (Å²) < 4.78 is 48.2. The first-order valence-corrected chi connectivity index (χ1v) is 5.04. The van der Waals surface area contributed by atoms with Crippen LogP contribution in [0.5, 0.6) is 0 Å². The fourth-order valence-corrected chi connectivity index (χ4v) is 1.75. The molecule has 0 aromatic heterocycles. The quantitative estimate of drug-likeness (QED) is 0.452. The molecule has 0 atom stereocenters. The monoisotopic (exact) mass is 282 g/mol. The molecule has 0 saturated heterocycles. The van der Waals surface area contributed by atoms with E-state index in [-0.39, 0.29) is 56.4 Å². The molecule has 0 spiro atoms. The van der Waals surface area contributed by atoms with Crippen molar-refractivity contribution in [1.82, 2.24) is 0 Å². The number of hydrogen-bond acceptors (Lipinski definition) is 1. The van der Waals surface area contributed by atoms with Crippen molar-refractivity contribution in [3.05, 3.63) is 29.0 Å². The van der Waals surface area contributed by atoms with Crippen LogP contribution in [0.15, 0.2) is 23.1 Å². The van der Waals surface area contributed by atoms with Crippen LogP contribution >= 0.6 is 23.4 Å². The molecule has 1 rings (SSSR count). The molecule has 0 aliphatic heterocycles. The summed E-state index contributed by atoms with van der Waals surface area (Å²) in [4.78, 5) is 0.315. The van der Waals surface area contributed by atoms with Crippen LogP contribution in [0, 0.1) is 5.82 Å². The molecular formula is C7H5BClF4KS. The minimum atomic E-state index is -4.82. The Kier molecular flexibility index (Phi) is 7.47. The van der Waals surface area contributed by atoms with E-state index in [0.717, 1.165) is 6.07 Å². The average molecular weight is 283 g/mol. The van der Waals surface area contributed by atoms with E-state index in [1.54, 1.807) is 0 Å². The minimum Gasteiger partial charge on any atom is -0.448 e. The van der Waals surface area contributed by atoms with Gasteiger partial charge in [0.1, 0.15) is 5.82 Å².